The number of carboxylic acids is 1. The molecule has 0 aliphatic heterocycles. The third-order valence-corrected chi connectivity index (χ3v) is 1.65. The molecule has 0 saturated heterocycles. The number of aliphatic carboxylic acids is 1. The highest BCUT2D eigenvalue weighted by Gasteiger charge is 2.27. The summed E-state index contributed by atoms with van der Waals surface area (Å²) in [5.41, 5.74) is 5.06. The van der Waals surface area contributed by atoms with E-state index in [0.717, 1.165) is 0 Å². The first-order chi connectivity index (χ1) is 5.87. The maximum Gasteiger partial charge on any atom is 0.389 e. The zero-order chi connectivity index (χ0) is 10.5. The Kier molecular flexibility index (Phi) is 4.76. The highest BCUT2D eigenvalue weighted by Crippen LogP contribution is 2.23. The van der Waals surface area contributed by atoms with Crippen LogP contribution in [0.1, 0.15) is 19.3 Å². The average molecular weight is 199 g/mol. The molecule has 3 nitrogen and oxygen atoms in total. The molecule has 3 N–H and O–H groups in total. The van der Waals surface area contributed by atoms with Crippen LogP contribution < -0.4 is 5.73 Å². The van der Waals surface area contributed by atoms with E-state index in [1.807, 2.05) is 0 Å². The zero-order valence-corrected chi connectivity index (χ0v) is 6.97. The second-order valence-corrected chi connectivity index (χ2v) is 2.78. The maximum absolute atomic E-state index is 11.6. The van der Waals surface area contributed by atoms with E-state index in [9.17, 15) is 18.0 Å². The Hall–Kier alpha value is -0.780. The van der Waals surface area contributed by atoms with Gasteiger partial charge in [0.05, 0.1) is 5.92 Å². The second-order valence-electron chi connectivity index (χ2n) is 2.78. The highest BCUT2D eigenvalue weighted by atomic mass is 19.4. The van der Waals surface area contributed by atoms with Crippen LogP contribution in [0.2, 0.25) is 0 Å². The van der Waals surface area contributed by atoms with Gasteiger partial charge in [-0.2, -0.15) is 13.2 Å². The number of hydrogen-bond donors (Lipinski definition) is 2. The molecule has 0 fully saturated rings. The van der Waals surface area contributed by atoms with E-state index >= 15 is 0 Å². The summed E-state index contributed by atoms with van der Waals surface area (Å²) in [5.74, 6) is -1.99. The highest BCUT2D eigenvalue weighted by molar-refractivity contribution is 5.70. The minimum absolute atomic E-state index is 0.0225. The van der Waals surface area contributed by atoms with Crippen LogP contribution in [0.5, 0.6) is 0 Å². The average Bonchev–Trinajstić information content (AvgIpc) is 1.95. The van der Waals surface area contributed by atoms with E-state index in [1.165, 1.54) is 0 Å². The van der Waals surface area contributed by atoms with Crippen LogP contribution in [0.3, 0.4) is 0 Å². The fourth-order valence-corrected chi connectivity index (χ4v) is 0.891. The summed E-state index contributed by atoms with van der Waals surface area (Å²) in [4.78, 5) is 10.3. The van der Waals surface area contributed by atoms with Gasteiger partial charge in [0, 0.05) is 13.0 Å². The van der Waals surface area contributed by atoms with E-state index in [-0.39, 0.29) is 19.4 Å². The first-order valence-electron chi connectivity index (χ1n) is 3.86. The number of nitrogens with two attached hydrogens (primary N) is 1. The summed E-state index contributed by atoms with van der Waals surface area (Å²) in [7, 11) is 0. The Bertz CT molecular complexity index is 170. The van der Waals surface area contributed by atoms with Crippen molar-refractivity contribution in [3.05, 3.63) is 0 Å². The molecule has 1 atom stereocenters. The van der Waals surface area contributed by atoms with E-state index in [4.69, 9.17) is 10.8 Å². The summed E-state index contributed by atoms with van der Waals surface area (Å²) in [6, 6.07) is 0. The summed E-state index contributed by atoms with van der Waals surface area (Å²) in [6.07, 6.45) is -5.36. The van der Waals surface area contributed by atoms with Gasteiger partial charge in [0.2, 0.25) is 0 Å². The van der Waals surface area contributed by atoms with Gasteiger partial charge in [-0.1, -0.05) is 0 Å². The molecular formula is C7H12F3NO2. The van der Waals surface area contributed by atoms with Crippen LogP contribution in [-0.2, 0) is 4.79 Å². The quantitative estimate of drug-likeness (QED) is 0.703. The standard InChI is InChI=1S/C7H12F3NO2/c8-7(9,10)3-1-2-5(4-11)6(12)13/h5H,1-4,11H2,(H,12,13). The van der Waals surface area contributed by atoms with Gasteiger partial charge in [0.15, 0.2) is 0 Å². The van der Waals surface area contributed by atoms with Crippen molar-refractivity contribution in [3.63, 3.8) is 0 Å². The van der Waals surface area contributed by atoms with Crippen LogP contribution in [0.25, 0.3) is 0 Å². The van der Waals surface area contributed by atoms with Crippen LogP contribution in [-0.4, -0.2) is 23.8 Å². The Morgan fingerprint density at radius 1 is 1.46 bits per heavy atom. The summed E-state index contributed by atoms with van der Waals surface area (Å²) < 4.78 is 34.9. The fraction of sp³-hybridized carbons (Fsp3) is 0.857. The van der Waals surface area contributed by atoms with Gasteiger partial charge in [0.1, 0.15) is 0 Å². The predicted octanol–water partition coefficient (Wildman–Crippen LogP) is 1.38. The number of hydrogen-bond acceptors (Lipinski definition) is 2. The van der Waals surface area contributed by atoms with Crippen LogP contribution in [0, 0.1) is 5.92 Å². The third kappa shape index (κ3) is 6.39. The lowest BCUT2D eigenvalue weighted by atomic mass is 10.0. The monoisotopic (exact) mass is 199 g/mol. The van der Waals surface area contributed by atoms with Crippen molar-refractivity contribution in [2.45, 2.75) is 25.4 Å². The lowest BCUT2D eigenvalue weighted by Gasteiger charge is -2.10. The van der Waals surface area contributed by atoms with Gasteiger partial charge in [-0.25, -0.2) is 0 Å². The van der Waals surface area contributed by atoms with Crippen LogP contribution >= 0.6 is 0 Å². The van der Waals surface area contributed by atoms with Crippen molar-refractivity contribution in [1.82, 2.24) is 0 Å². The van der Waals surface area contributed by atoms with Crippen molar-refractivity contribution in [2.75, 3.05) is 6.54 Å². The Labute approximate surface area is 73.7 Å². The molecule has 0 aromatic rings. The molecule has 0 aliphatic carbocycles. The van der Waals surface area contributed by atoms with E-state index in [1.54, 1.807) is 0 Å². The molecule has 1 unspecified atom stereocenters. The van der Waals surface area contributed by atoms with Gasteiger partial charge in [-0.05, 0) is 12.8 Å². The Morgan fingerprint density at radius 3 is 2.31 bits per heavy atom. The van der Waals surface area contributed by atoms with Crippen molar-refractivity contribution < 1.29 is 23.1 Å². The predicted molar refractivity (Wildman–Crippen MR) is 40.1 cm³/mol. The van der Waals surface area contributed by atoms with Gasteiger partial charge >= 0.3 is 12.1 Å². The first kappa shape index (κ1) is 12.2. The maximum atomic E-state index is 11.6. The number of rotatable bonds is 5. The van der Waals surface area contributed by atoms with E-state index in [2.05, 4.69) is 0 Å². The smallest absolute Gasteiger partial charge is 0.389 e. The lowest BCUT2D eigenvalue weighted by molar-refractivity contribution is -0.145. The molecule has 0 amide bonds. The normalized spacial score (nSPS) is 14.2. The van der Waals surface area contributed by atoms with Gasteiger partial charge in [0.25, 0.3) is 0 Å². The molecule has 0 aliphatic rings. The molecule has 0 spiro atoms. The zero-order valence-electron chi connectivity index (χ0n) is 6.97. The number of carbonyl (C=O) groups is 1. The van der Waals surface area contributed by atoms with E-state index in [0.29, 0.717) is 0 Å². The molecule has 0 bridgehead atoms. The van der Waals surface area contributed by atoms with Crippen molar-refractivity contribution in [3.8, 4) is 0 Å². The molecule has 0 aromatic heterocycles. The second kappa shape index (κ2) is 5.06. The minimum Gasteiger partial charge on any atom is -0.481 e. The molecule has 6 heteroatoms. The number of halogens is 3. The van der Waals surface area contributed by atoms with Gasteiger partial charge in [-0.15, -0.1) is 0 Å². The molecule has 0 saturated carbocycles. The van der Waals surface area contributed by atoms with Gasteiger partial charge in [-0.3, -0.25) is 4.79 Å². The number of alkyl halides is 3. The molecule has 78 valence electrons. The number of carboxylic acid groups (broad SMARTS) is 1. The molecule has 0 rings (SSSR count). The summed E-state index contributed by atoms with van der Waals surface area (Å²) in [5, 5.41) is 8.44. The largest absolute Gasteiger partial charge is 0.481 e. The molecular weight excluding hydrogens is 187 g/mol. The summed E-state index contributed by atoms with van der Waals surface area (Å²) >= 11 is 0. The lowest BCUT2D eigenvalue weighted by Crippen LogP contribution is -2.23. The third-order valence-electron chi connectivity index (χ3n) is 1.65. The van der Waals surface area contributed by atoms with E-state index < -0.39 is 24.5 Å². The van der Waals surface area contributed by atoms with Crippen molar-refractivity contribution >= 4 is 5.97 Å². The van der Waals surface area contributed by atoms with Crippen LogP contribution in [0.4, 0.5) is 13.2 Å². The van der Waals surface area contributed by atoms with Crippen molar-refractivity contribution in [1.29, 1.82) is 0 Å². The van der Waals surface area contributed by atoms with Crippen LogP contribution in [0.15, 0.2) is 0 Å². The van der Waals surface area contributed by atoms with Crippen molar-refractivity contribution in [2.24, 2.45) is 11.7 Å². The Balaban J connectivity index is 3.68. The molecule has 0 heterocycles. The van der Waals surface area contributed by atoms with Gasteiger partial charge < -0.3 is 10.8 Å². The fourth-order valence-electron chi connectivity index (χ4n) is 0.891. The molecule has 13 heavy (non-hydrogen) atoms. The molecule has 0 radical (unpaired) electrons. The molecule has 0 aromatic carbocycles. The summed E-state index contributed by atoms with van der Waals surface area (Å²) in [6.45, 7) is -0.118. The minimum atomic E-state index is -4.21. The SMILES string of the molecule is NCC(CCCC(F)(F)F)C(=O)O. The first-order valence-corrected chi connectivity index (χ1v) is 3.86. The topological polar surface area (TPSA) is 63.3 Å². The Morgan fingerprint density at radius 2 is 2.00 bits per heavy atom.